The van der Waals surface area contributed by atoms with Crippen molar-refractivity contribution >= 4 is 5.96 Å². The Morgan fingerprint density at radius 3 is 2.79 bits per heavy atom. The van der Waals surface area contributed by atoms with E-state index in [9.17, 15) is 0 Å². The van der Waals surface area contributed by atoms with Gasteiger partial charge in [0.2, 0.25) is 0 Å². The molecule has 4 heteroatoms. The first-order chi connectivity index (χ1) is 11.6. The minimum absolute atomic E-state index is 0.463. The van der Waals surface area contributed by atoms with Gasteiger partial charge in [-0.25, -0.2) is 0 Å². The summed E-state index contributed by atoms with van der Waals surface area (Å²) < 4.78 is 5.44. The van der Waals surface area contributed by atoms with E-state index in [0.717, 1.165) is 38.2 Å². The van der Waals surface area contributed by atoms with Crippen LogP contribution in [0.5, 0.6) is 0 Å². The van der Waals surface area contributed by atoms with E-state index in [0.29, 0.717) is 5.92 Å². The summed E-state index contributed by atoms with van der Waals surface area (Å²) in [6.07, 6.45) is 3.61. The topological polar surface area (TPSA) is 36.9 Å². The van der Waals surface area contributed by atoms with Crippen molar-refractivity contribution in [1.82, 2.24) is 10.2 Å². The van der Waals surface area contributed by atoms with Crippen LogP contribution in [0.3, 0.4) is 0 Å². The van der Waals surface area contributed by atoms with Gasteiger partial charge in [0.25, 0.3) is 0 Å². The van der Waals surface area contributed by atoms with E-state index in [1.54, 1.807) is 0 Å². The van der Waals surface area contributed by atoms with Crippen LogP contribution in [0, 0.1) is 12.8 Å². The fraction of sp³-hybridized carbons (Fsp3) is 0.650. The number of nitrogens with zero attached hydrogens (tertiary/aromatic N) is 2. The highest BCUT2D eigenvalue weighted by molar-refractivity contribution is 5.79. The van der Waals surface area contributed by atoms with E-state index in [4.69, 9.17) is 4.74 Å². The first-order valence-corrected chi connectivity index (χ1v) is 9.16. The quantitative estimate of drug-likeness (QED) is 0.641. The van der Waals surface area contributed by atoms with Gasteiger partial charge in [-0.15, -0.1) is 0 Å². The monoisotopic (exact) mass is 331 g/mol. The molecule has 0 saturated carbocycles. The third-order valence-electron chi connectivity index (χ3n) is 4.96. The van der Waals surface area contributed by atoms with Crippen LogP contribution in [0.15, 0.2) is 29.3 Å². The Bertz CT molecular complexity index is 523. The zero-order valence-electron chi connectivity index (χ0n) is 15.7. The van der Waals surface area contributed by atoms with E-state index < -0.39 is 0 Å². The molecule has 1 saturated heterocycles. The third kappa shape index (κ3) is 5.82. The molecule has 1 aliphatic rings. The molecule has 1 fully saturated rings. The molecule has 1 N–H and O–H groups in total. The molecular weight excluding hydrogens is 298 g/mol. The Morgan fingerprint density at radius 2 is 2.12 bits per heavy atom. The highest BCUT2D eigenvalue weighted by Gasteiger charge is 2.16. The van der Waals surface area contributed by atoms with Crippen LogP contribution in [-0.2, 0) is 4.74 Å². The van der Waals surface area contributed by atoms with Gasteiger partial charge in [0, 0.05) is 40.4 Å². The molecule has 0 radical (unpaired) electrons. The number of ether oxygens (including phenoxy) is 1. The highest BCUT2D eigenvalue weighted by atomic mass is 16.5. The van der Waals surface area contributed by atoms with Crippen LogP contribution in [0.25, 0.3) is 0 Å². The van der Waals surface area contributed by atoms with Gasteiger partial charge in [-0.2, -0.15) is 0 Å². The second kappa shape index (κ2) is 9.67. The fourth-order valence-electron chi connectivity index (χ4n) is 3.24. The first kappa shape index (κ1) is 18.8. The summed E-state index contributed by atoms with van der Waals surface area (Å²) in [6.45, 7) is 8.20. The van der Waals surface area contributed by atoms with E-state index in [1.165, 1.54) is 30.4 Å². The molecule has 4 nitrogen and oxygen atoms in total. The van der Waals surface area contributed by atoms with Gasteiger partial charge in [0.05, 0.1) is 0 Å². The third-order valence-corrected chi connectivity index (χ3v) is 4.96. The number of rotatable bonds is 6. The molecule has 1 heterocycles. The number of aryl methyl sites for hydroxylation is 1. The van der Waals surface area contributed by atoms with Crippen LogP contribution in [0.2, 0.25) is 0 Å². The maximum atomic E-state index is 5.44. The normalized spacial score (nSPS) is 17.6. The summed E-state index contributed by atoms with van der Waals surface area (Å²) in [4.78, 5) is 6.69. The highest BCUT2D eigenvalue weighted by Crippen LogP contribution is 2.19. The summed E-state index contributed by atoms with van der Waals surface area (Å²) in [6, 6.07) is 8.75. The molecule has 1 aromatic rings. The number of aliphatic imine (C=N–C) groups is 1. The van der Waals surface area contributed by atoms with Gasteiger partial charge in [-0.3, -0.25) is 4.99 Å². The summed E-state index contributed by atoms with van der Waals surface area (Å²) >= 11 is 0. The lowest BCUT2D eigenvalue weighted by atomic mass is 9.96. The molecule has 0 bridgehead atoms. The SMILES string of the molecule is CN=C(NCC(C)c1cccc(C)c1)N(C)CCC1CCOCC1. The van der Waals surface area contributed by atoms with Crippen molar-refractivity contribution < 1.29 is 4.74 Å². The molecule has 0 amide bonds. The van der Waals surface area contributed by atoms with Crippen LogP contribution >= 0.6 is 0 Å². The molecule has 1 atom stereocenters. The van der Waals surface area contributed by atoms with Crippen LogP contribution in [0.4, 0.5) is 0 Å². The van der Waals surface area contributed by atoms with Gasteiger partial charge in [0.1, 0.15) is 0 Å². The lowest BCUT2D eigenvalue weighted by Gasteiger charge is -2.27. The fourth-order valence-corrected chi connectivity index (χ4v) is 3.24. The number of hydrogen-bond donors (Lipinski definition) is 1. The van der Waals surface area contributed by atoms with Crippen molar-refractivity contribution in [3.63, 3.8) is 0 Å². The Kier molecular flexibility index (Phi) is 7.57. The molecule has 2 rings (SSSR count). The largest absolute Gasteiger partial charge is 0.381 e. The summed E-state index contributed by atoms with van der Waals surface area (Å²) in [5.74, 6) is 2.25. The smallest absolute Gasteiger partial charge is 0.193 e. The van der Waals surface area contributed by atoms with Crippen molar-refractivity contribution in [2.45, 2.75) is 39.0 Å². The number of guanidine groups is 1. The Labute approximate surface area is 147 Å². The predicted octanol–water partition coefficient (Wildman–Crippen LogP) is 3.42. The maximum absolute atomic E-state index is 5.44. The van der Waals surface area contributed by atoms with Crippen molar-refractivity contribution in [2.75, 3.05) is 40.4 Å². The maximum Gasteiger partial charge on any atom is 0.193 e. The molecule has 1 aromatic carbocycles. The second-order valence-corrected chi connectivity index (χ2v) is 7.01. The molecule has 0 spiro atoms. The van der Waals surface area contributed by atoms with E-state index in [-0.39, 0.29) is 0 Å². The number of benzene rings is 1. The number of nitrogens with one attached hydrogen (secondary N) is 1. The van der Waals surface area contributed by atoms with E-state index >= 15 is 0 Å². The van der Waals surface area contributed by atoms with Gasteiger partial charge >= 0.3 is 0 Å². The van der Waals surface area contributed by atoms with Gasteiger partial charge in [-0.05, 0) is 43.6 Å². The molecule has 134 valence electrons. The van der Waals surface area contributed by atoms with Crippen LogP contribution in [-0.4, -0.2) is 51.3 Å². The molecule has 0 aromatic heterocycles. The van der Waals surface area contributed by atoms with E-state index in [2.05, 4.69) is 60.4 Å². The Hall–Kier alpha value is -1.55. The first-order valence-electron chi connectivity index (χ1n) is 9.16. The lowest BCUT2D eigenvalue weighted by molar-refractivity contribution is 0.0625. The zero-order chi connectivity index (χ0) is 17.4. The average molecular weight is 332 g/mol. The Morgan fingerprint density at radius 1 is 1.38 bits per heavy atom. The number of hydrogen-bond acceptors (Lipinski definition) is 2. The average Bonchev–Trinajstić information content (AvgIpc) is 2.61. The summed E-state index contributed by atoms with van der Waals surface area (Å²) in [7, 11) is 4.00. The van der Waals surface area contributed by atoms with Gasteiger partial charge in [-0.1, -0.05) is 36.8 Å². The minimum Gasteiger partial charge on any atom is -0.381 e. The van der Waals surface area contributed by atoms with Crippen LogP contribution in [0.1, 0.15) is 43.2 Å². The predicted molar refractivity (Wildman–Crippen MR) is 102 cm³/mol. The molecule has 24 heavy (non-hydrogen) atoms. The van der Waals surface area contributed by atoms with Crippen molar-refractivity contribution in [3.8, 4) is 0 Å². The van der Waals surface area contributed by atoms with Gasteiger partial charge < -0.3 is 15.0 Å². The summed E-state index contributed by atoms with van der Waals surface area (Å²) in [5, 5.41) is 3.53. The van der Waals surface area contributed by atoms with E-state index in [1.807, 2.05) is 7.05 Å². The van der Waals surface area contributed by atoms with Crippen molar-refractivity contribution in [1.29, 1.82) is 0 Å². The standard InChI is InChI=1S/C20H33N3O/c1-16-6-5-7-19(14-16)17(2)15-22-20(21-3)23(4)11-8-18-9-12-24-13-10-18/h5-7,14,17-18H,8-13,15H2,1-4H3,(H,21,22). The molecule has 1 aliphatic heterocycles. The van der Waals surface area contributed by atoms with Crippen LogP contribution < -0.4 is 5.32 Å². The Balaban J connectivity index is 1.78. The lowest BCUT2D eigenvalue weighted by Crippen LogP contribution is -2.41. The zero-order valence-corrected chi connectivity index (χ0v) is 15.7. The van der Waals surface area contributed by atoms with Crippen molar-refractivity contribution in [3.05, 3.63) is 35.4 Å². The molecular formula is C20H33N3O. The molecule has 0 aliphatic carbocycles. The molecule has 1 unspecified atom stereocenters. The van der Waals surface area contributed by atoms with Gasteiger partial charge in [0.15, 0.2) is 5.96 Å². The summed E-state index contributed by atoms with van der Waals surface area (Å²) in [5.41, 5.74) is 2.69. The minimum atomic E-state index is 0.463. The second-order valence-electron chi connectivity index (χ2n) is 7.01. The van der Waals surface area contributed by atoms with Crippen molar-refractivity contribution in [2.24, 2.45) is 10.9 Å².